The molecule has 4 nitrogen and oxygen atoms in total. The van der Waals surface area contributed by atoms with Gasteiger partial charge in [0.15, 0.2) is 0 Å². The highest BCUT2D eigenvalue weighted by atomic mass is 19.4. The molecule has 2 aromatic rings. The summed E-state index contributed by atoms with van der Waals surface area (Å²) in [5, 5.41) is 8.73. The highest BCUT2D eigenvalue weighted by Gasteiger charge is 2.33. The van der Waals surface area contributed by atoms with E-state index in [1.54, 1.807) is 6.07 Å². The fourth-order valence-electron chi connectivity index (χ4n) is 1.36. The first-order chi connectivity index (χ1) is 7.43. The highest BCUT2D eigenvalue weighted by molar-refractivity contribution is 5.87. The predicted octanol–water partition coefficient (Wildman–Crippen LogP) is 2.04. The molecule has 0 aliphatic heterocycles. The first-order valence-electron chi connectivity index (χ1n) is 4.19. The number of anilines is 1. The molecular weight excluding hydrogens is 221 g/mol. The van der Waals surface area contributed by atoms with E-state index in [-0.39, 0.29) is 16.9 Å². The van der Waals surface area contributed by atoms with Crippen LogP contribution in [0.5, 0.6) is 0 Å². The summed E-state index contributed by atoms with van der Waals surface area (Å²) in [6.07, 6.45) is -4.53. The van der Waals surface area contributed by atoms with Crippen LogP contribution in [0.2, 0.25) is 0 Å². The van der Waals surface area contributed by atoms with Crippen LogP contribution in [0.4, 0.5) is 19.0 Å². The number of hydrogen-bond donors (Lipinski definition) is 2. The Labute approximate surface area is 87.5 Å². The second-order valence-electron chi connectivity index (χ2n) is 3.12. The number of alkyl halides is 3. The molecule has 0 fully saturated rings. The average Bonchev–Trinajstić information content (AvgIpc) is 2.50. The van der Waals surface area contributed by atoms with E-state index >= 15 is 0 Å². The second kappa shape index (κ2) is 3.13. The van der Waals surface area contributed by atoms with Gasteiger partial charge < -0.3 is 10.7 Å². The summed E-state index contributed by atoms with van der Waals surface area (Å²) < 4.78 is 37.1. The lowest BCUT2D eigenvalue weighted by atomic mass is 10.2. The van der Waals surface area contributed by atoms with Crippen LogP contribution in [0.25, 0.3) is 11.0 Å². The van der Waals surface area contributed by atoms with E-state index in [2.05, 4.69) is 9.97 Å². The van der Waals surface area contributed by atoms with Crippen LogP contribution in [0.3, 0.4) is 0 Å². The molecule has 7 heteroatoms. The number of nitrogens with one attached hydrogen (secondary N) is 1. The minimum Gasteiger partial charge on any atom is -0.384 e. The number of nitrogen functional groups attached to an aromatic ring is 1. The number of aromatic amines is 1. The van der Waals surface area contributed by atoms with Gasteiger partial charge in [0, 0.05) is 0 Å². The Hall–Kier alpha value is -2.23. The fraction of sp³-hybridized carbons (Fsp3) is 0.111. The maximum Gasteiger partial charge on any atom is 0.433 e. The summed E-state index contributed by atoms with van der Waals surface area (Å²) in [5.41, 5.74) is 4.56. The topological polar surface area (TPSA) is 78.5 Å². The minimum absolute atomic E-state index is 0.0179. The van der Waals surface area contributed by atoms with E-state index in [0.717, 1.165) is 6.07 Å². The van der Waals surface area contributed by atoms with Crippen molar-refractivity contribution in [2.24, 2.45) is 0 Å². The van der Waals surface area contributed by atoms with Crippen molar-refractivity contribution in [3.8, 4) is 6.07 Å². The molecule has 0 amide bonds. The molecule has 16 heavy (non-hydrogen) atoms. The maximum atomic E-state index is 12.4. The van der Waals surface area contributed by atoms with Gasteiger partial charge in [-0.3, -0.25) is 0 Å². The van der Waals surface area contributed by atoms with E-state index in [1.165, 1.54) is 6.07 Å². The number of nitriles is 1. The van der Waals surface area contributed by atoms with E-state index in [0.29, 0.717) is 5.52 Å². The SMILES string of the molecule is N#Cc1c(N)[nH]c2ccc(C(F)(F)F)nc12. The van der Waals surface area contributed by atoms with Gasteiger partial charge in [-0.05, 0) is 12.1 Å². The lowest BCUT2D eigenvalue weighted by molar-refractivity contribution is -0.140. The van der Waals surface area contributed by atoms with Crippen LogP contribution in [0, 0.1) is 11.3 Å². The van der Waals surface area contributed by atoms with Crippen LogP contribution in [-0.2, 0) is 6.18 Å². The molecule has 0 aliphatic carbocycles. The van der Waals surface area contributed by atoms with Crippen molar-refractivity contribution in [2.75, 3.05) is 5.73 Å². The molecule has 0 saturated heterocycles. The van der Waals surface area contributed by atoms with Gasteiger partial charge in [0.2, 0.25) is 0 Å². The van der Waals surface area contributed by atoms with Crippen molar-refractivity contribution < 1.29 is 13.2 Å². The lowest BCUT2D eigenvalue weighted by Gasteiger charge is -2.04. The second-order valence-corrected chi connectivity index (χ2v) is 3.12. The van der Waals surface area contributed by atoms with Gasteiger partial charge in [-0.1, -0.05) is 0 Å². The van der Waals surface area contributed by atoms with Gasteiger partial charge in [-0.15, -0.1) is 0 Å². The first kappa shape index (κ1) is 10.3. The minimum atomic E-state index is -4.53. The Bertz CT molecular complexity index is 591. The van der Waals surface area contributed by atoms with E-state index in [9.17, 15) is 13.2 Å². The zero-order valence-corrected chi connectivity index (χ0v) is 7.76. The van der Waals surface area contributed by atoms with Crippen molar-refractivity contribution >= 4 is 16.9 Å². The Morgan fingerprint density at radius 2 is 2.06 bits per heavy atom. The zero-order chi connectivity index (χ0) is 11.9. The quantitative estimate of drug-likeness (QED) is 0.721. The Morgan fingerprint density at radius 3 is 2.62 bits per heavy atom. The molecule has 0 unspecified atom stereocenters. The maximum absolute atomic E-state index is 12.4. The van der Waals surface area contributed by atoms with Crippen molar-refractivity contribution in [3.05, 3.63) is 23.4 Å². The lowest BCUT2D eigenvalue weighted by Crippen LogP contribution is -2.07. The summed E-state index contributed by atoms with van der Waals surface area (Å²) in [5.74, 6) is 0.0179. The molecule has 0 aromatic carbocycles. The molecule has 0 spiro atoms. The largest absolute Gasteiger partial charge is 0.433 e. The Kier molecular flexibility index (Phi) is 2.01. The van der Waals surface area contributed by atoms with Crippen LogP contribution < -0.4 is 5.73 Å². The zero-order valence-electron chi connectivity index (χ0n) is 7.76. The Morgan fingerprint density at radius 1 is 1.38 bits per heavy atom. The van der Waals surface area contributed by atoms with Crippen LogP contribution in [0.1, 0.15) is 11.3 Å². The molecule has 0 radical (unpaired) electrons. The molecule has 3 N–H and O–H groups in total. The third-order valence-electron chi connectivity index (χ3n) is 2.07. The summed E-state index contributed by atoms with van der Waals surface area (Å²) in [6.45, 7) is 0. The van der Waals surface area contributed by atoms with Crippen molar-refractivity contribution in [3.63, 3.8) is 0 Å². The van der Waals surface area contributed by atoms with Crippen LogP contribution in [-0.4, -0.2) is 9.97 Å². The molecule has 0 atom stereocenters. The van der Waals surface area contributed by atoms with Crippen molar-refractivity contribution in [1.29, 1.82) is 5.26 Å². The number of hydrogen-bond acceptors (Lipinski definition) is 3. The van der Waals surface area contributed by atoms with Crippen LogP contribution in [0.15, 0.2) is 12.1 Å². The summed E-state index contributed by atoms with van der Waals surface area (Å²) >= 11 is 0. The number of H-pyrrole nitrogens is 1. The van der Waals surface area contributed by atoms with Gasteiger partial charge in [0.05, 0.1) is 5.52 Å². The summed E-state index contributed by atoms with van der Waals surface area (Å²) in [7, 11) is 0. The van der Waals surface area contributed by atoms with Gasteiger partial charge in [-0.2, -0.15) is 18.4 Å². The van der Waals surface area contributed by atoms with E-state index in [4.69, 9.17) is 11.0 Å². The van der Waals surface area contributed by atoms with Crippen molar-refractivity contribution in [2.45, 2.75) is 6.18 Å². The highest BCUT2D eigenvalue weighted by Crippen LogP contribution is 2.30. The molecule has 0 bridgehead atoms. The first-order valence-corrected chi connectivity index (χ1v) is 4.19. The van der Waals surface area contributed by atoms with Gasteiger partial charge in [0.25, 0.3) is 0 Å². The van der Waals surface area contributed by atoms with E-state index in [1.807, 2.05) is 0 Å². The number of aromatic nitrogens is 2. The smallest absolute Gasteiger partial charge is 0.384 e. The number of pyridine rings is 1. The third-order valence-corrected chi connectivity index (χ3v) is 2.07. The molecule has 2 heterocycles. The van der Waals surface area contributed by atoms with E-state index < -0.39 is 11.9 Å². The number of rotatable bonds is 0. The summed E-state index contributed by atoms with van der Waals surface area (Å²) in [4.78, 5) is 5.96. The molecular formula is C9H5F3N4. The van der Waals surface area contributed by atoms with Crippen LogP contribution >= 0.6 is 0 Å². The van der Waals surface area contributed by atoms with Crippen molar-refractivity contribution in [1.82, 2.24) is 9.97 Å². The normalized spacial score (nSPS) is 11.6. The standard InChI is InChI=1S/C9H5F3N4/c10-9(11,12)6-2-1-5-7(16-6)4(3-13)8(14)15-5/h1-2,15H,14H2. The Balaban J connectivity index is 2.75. The number of fused-ring (bicyclic) bond motifs is 1. The van der Waals surface area contributed by atoms with Gasteiger partial charge in [0.1, 0.15) is 28.7 Å². The molecule has 2 aromatic heterocycles. The third kappa shape index (κ3) is 1.44. The predicted molar refractivity (Wildman–Crippen MR) is 50.2 cm³/mol. The molecule has 0 saturated carbocycles. The monoisotopic (exact) mass is 226 g/mol. The van der Waals surface area contributed by atoms with Gasteiger partial charge >= 0.3 is 6.18 Å². The number of nitrogens with two attached hydrogens (primary N) is 1. The summed E-state index contributed by atoms with van der Waals surface area (Å²) in [6, 6.07) is 3.74. The molecule has 0 aliphatic rings. The number of nitrogens with zero attached hydrogens (tertiary/aromatic N) is 2. The average molecular weight is 226 g/mol. The molecule has 82 valence electrons. The number of halogens is 3. The fourth-order valence-corrected chi connectivity index (χ4v) is 1.36. The molecule has 2 rings (SSSR count). The van der Waals surface area contributed by atoms with Gasteiger partial charge in [-0.25, -0.2) is 4.98 Å².